The molecule has 1 saturated carbocycles. The van der Waals surface area contributed by atoms with Gasteiger partial charge in [-0.05, 0) is 62.0 Å². The van der Waals surface area contributed by atoms with Crippen LogP contribution < -0.4 is 0 Å². The average molecular weight is 614 g/mol. The van der Waals surface area contributed by atoms with E-state index in [1.54, 1.807) is 18.0 Å². The molecule has 3 heterocycles. The summed E-state index contributed by atoms with van der Waals surface area (Å²) in [5.74, 6) is 0.411. The largest absolute Gasteiger partial charge is 0.460 e. The normalized spacial score (nSPS) is 22.4. The highest BCUT2D eigenvalue weighted by Crippen LogP contribution is 2.42. The van der Waals surface area contributed by atoms with Gasteiger partial charge < -0.3 is 14.6 Å². The average Bonchev–Trinajstić information content (AvgIpc) is 3.52. The Morgan fingerprint density at radius 1 is 1.32 bits per heavy atom. The summed E-state index contributed by atoms with van der Waals surface area (Å²) >= 11 is 9.59. The number of ether oxygens (including phenoxy) is 2. The van der Waals surface area contributed by atoms with Crippen molar-refractivity contribution >= 4 is 40.7 Å². The topological polar surface area (TPSA) is 84.8 Å². The smallest absolute Gasteiger partial charge is 0.353 e. The Labute approximate surface area is 250 Å². The lowest BCUT2D eigenvalue weighted by Gasteiger charge is -2.26. The zero-order chi connectivity index (χ0) is 28.3. The number of carbonyl (C=O) groups excluding carboxylic acids is 1. The number of nitrogens with zero attached hydrogens (tertiary/aromatic N) is 3. The van der Waals surface area contributed by atoms with Crippen LogP contribution in [-0.2, 0) is 15.9 Å². The first kappa shape index (κ1) is 31.6. The Hall–Kier alpha value is -1.30. The lowest BCUT2D eigenvalue weighted by molar-refractivity contribution is 0.0196. The van der Waals surface area contributed by atoms with Gasteiger partial charge in [-0.3, -0.25) is 9.88 Å². The number of aliphatic hydroxyl groups excluding tert-OH is 1. The van der Waals surface area contributed by atoms with Crippen LogP contribution in [0.1, 0.15) is 78.2 Å². The van der Waals surface area contributed by atoms with Crippen LogP contribution in [0.3, 0.4) is 0 Å². The molecule has 2 fully saturated rings. The third-order valence-corrected chi connectivity index (χ3v) is 10.5. The second kappa shape index (κ2) is 16.4. The molecule has 0 aromatic carbocycles. The van der Waals surface area contributed by atoms with Crippen LogP contribution in [0.5, 0.6) is 0 Å². The lowest BCUT2D eigenvalue weighted by Crippen LogP contribution is -2.38. The minimum Gasteiger partial charge on any atom is -0.460 e. The quantitative estimate of drug-likeness (QED) is 0.146. The molecule has 0 amide bonds. The molecular weight excluding hydrogens is 573 g/mol. The number of halogens is 2. The van der Waals surface area contributed by atoms with Crippen molar-refractivity contribution in [2.75, 3.05) is 45.2 Å². The van der Waals surface area contributed by atoms with E-state index < -0.39 is 18.0 Å². The van der Waals surface area contributed by atoms with Crippen molar-refractivity contribution in [1.82, 2.24) is 14.9 Å². The number of esters is 1. The molecule has 1 N–H and O–H groups in total. The predicted molar refractivity (Wildman–Crippen MR) is 158 cm³/mol. The van der Waals surface area contributed by atoms with Gasteiger partial charge in [0.1, 0.15) is 6.61 Å². The molecule has 7 nitrogen and oxygen atoms in total. The van der Waals surface area contributed by atoms with Crippen LogP contribution in [0.2, 0.25) is 0 Å². The van der Waals surface area contributed by atoms with E-state index in [0.717, 1.165) is 85.6 Å². The third-order valence-electron chi connectivity index (χ3n) is 7.80. The van der Waals surface area contributed by atoms with Gasteiger partial charge in [-0.15, -0.1) is 34.7 Å². The molecular formula is C29H41ClFN3O4S2. The summed E-state index contributed by atoms with van der Waals surface area (Å²) in [4.78, 5) is 24.0. The Morgan fingerprint density at radius 2 is 2.15 bits per heavy atom. The highest BCUT2D eigenvalue weighted by molar-refractivity contribution is 7.99. The van der Waals surface area contributed by atoms with E-state index in [9.17, 15) is 14.3 Å². The SMILES string of the molecule is CCCCC(O)c1cncc(SC[C@H]2C(Cl)CC[C@@H]2CCCc2nc(F)c(C(=O)OCCN3CCOCC3)s2)c1. The minimum absolute atomic E-state index is 0.0383. The molecule has 1 aliphatic heterocycles. The van der Waals surface area contributed by atoms with Gasteiger partial charge in [-0.1, -0.05) is 19.8 Å². The fourth-order valence-electron chi connectivity index (χ4n) is 5.40. The number of thioether (sulfide) groups is 1. The van der Waals surface area contributed by atoms with Gasteiger partial charge in [0.15, 0.2) is 4.88 Å². The van der Waals surface area contributed by atoms with Crippen LogP contribution in [0.15, 0.2) is 23.4 Å². The second-order valence-electron chi connectivity index (χ2n) is 10.6. The Balaban J connectivity index is 1.21. The predicted octanol–water partition coefficient (Wildman–Crippen LogP) is 6.14. The van der Waals surface area contributed by atoms with Crippen LogP contribution in [0, 0.1) is 17.8 Å². The maximum absolute atomic E-state index is 14.4. The van der Waals surface area contributed by atoms with E-state index in [1.165, 1.54) is 0 Å². The van der Waals surface area contributed by atoms with Gasteiger partial charge in [-0.2, -0.15) is 4.39 Å². The number of unbranched alkanes of at least 4 members (excludes halogenated alkanes) is 1. The molecule has 2 unspecified atom stereocenters. The zero-order valence-corrected chi connectivity index (χ0v) is 25.6. The van der Waals surface area contributed by atoms with E-state index in [-0.39, 0.29) is 16.9 Å². The summed E-state index contributed by atoms with van der Waals surface area (Å²) in [5, 5.41) is 11.2. The molecule has 2 aromatic heterocycles. The summed E-state index contributed by atoms with van der Waals surface area (Å²) < 4.78 is 25.0. The molecule has 2 aromatic rings. The first-order chi connectivity index (χ1) is 19.4. The van der Waals surface area contributed by atoms with Gasteiger partial charge in [-0.25, -0.2) is 9.78 Å². The number of aromatic nitrogens is 2. The highest BCUT2D eigenvalue weighted by Gasteiger charge is 2.34. The molecule has 1 aliphatic carbocycles. The van der Waals surface area contributed by atoms with E-state index >= 15 is 0 Å². The van der Waals surface area contributed by atoms with Gasteiger partial charge in [0, 0.05) is 48.1 Å². The Kier molecular flexibility index (Phi) is 12.9. The van der Waals surface area contributed by atoms with Crippen molar-refractivity contribution < 1.29 is 23.8 Å². The van der Waals surface area contributed by atoms with Crippen LogP contribution >= 0.6 is 34.7 Å². The second-order valence-corrected chi connectivity index (χ2v) is 13.4. The van der Waals surface area contributed by atoms with Gasteiger partial charge in [0.05, 0.1) is 24.3 Å². The summed E-state index contributed by atoms with van der Waals surface area (Å²) in [6.07, 6.45) is 10.5. The van der Waals surface area contributed by atoms with Gasteiger partial charge in [0.2, 0.25) is 5.95 Å². The molecule has 11 heteroatoms. The van der Waals surface area contributed by atoms with Crippen molar-refractivity contribution in [2.45, 2.75) is 74.7 Å². The van der Waals surface area contributed by atoms with Crippen molar-refractivity contribution in [1.29, 1.82) is 0 Å². The lowest BCUT2D eigenvalue weighted by atomic mass is 9.92. The summed E-state index contributed by atoms with van der Waals surface area (Å²) in [6, 6.07) is 2.05. The highest BCUT2D eigenvalue weighted by atomic mass is 35.5. The molecule has 0 radical (unpaired) electrons. The number of thiazole rings is 1. The molecule has 0 bridgehead atoms. The number of aliphatic hydroxyl groups is 1. The maximum Gasteiger partial charge on any atom is 0.353 e. The Morgan fingerprint density at radius 3 is 2.95 bits per heavy atom. The van der Waals surface area contributed by atoms with Crippen molar-refractivity contribution in [2.24, 2.45) is 11.8 Å². The first-order valence-electron chi connectivity index (χ1n) is 14.5. The number of morpholine rings is 1. The molecule has 2 aliphatic rings. The summed E-state index contributed by atoms with van der Waals surface area (Å²) in [7, 11) is 0. The van der Waals surface area contributed by atoms with Gasteiger partial charge in [0.25, 0.3) is 0 Å². The molecule has 222 valence electrons. The minimum atomic E-state index is -0.733. The molecule has 40 heavy (non-hydrogen) atoms. The number of alkyl halides is 1. The fraction of sp³-hybridized carbons (Fsp3) is 0.690. The van der Waals surface area contributed by atoms with E-state index in [1.807, 2.05) is 12.3 Å². The number of aryl methyl sites for hydroxylation is 1. The maximum atomic E-state index is 14.4. The summed E-state index contributed by atoms with van der Waals surface area (Å²) in [5.41, 5.74) is 0.875. The Bertz CT molecular complexity index is 1070. The molecule has 0 spiro atoms. The number of pyridine rings is 1. The van der Waals surface area contributed by atoms with Crippen molar-refractivity contribution in [3.05, 3.63) is 39.9 Å². The summed E-state index contributed by atoms with van der Waals surface area (Å²) in [6.45, 7) is 5.96. The number of hydrogen-bond acceptors (Lipinski definition) is 9. The molecule has 1 saturated heterocycles. The molecule has 4 rings (SSSR count). The van der Waals surface area contributed by atoms with Crippen LogP contribution in [0.25, 0.3) is 0 Å². The number of carbonyl (C=O) groups is 1. The zero-order valence-electron chi connectivity index (χ0n) is 23.2. The number of rotatable bonds is 15. The fourth-order valence-corrected chi connectivity index (χ4v) is 8.05. The first-order valence-corrected chi connectivity index (χ1v) is 16.7. The molecule has 4 atom stereocenters. The third kappa shape index (κ3) is 9.36. The monoisotopic (exact) mass is 613 g/mol. The van der Waals surface area contributed by atoms with Crippen LogP contribution in [0.4, 0.5) is 4.39 Å². The number of hydrogen-bond donors (Lipinski definition) is 1. The standard InChI is InChI=1S/C29H41ClFN3O4S2/c1-2-3-6-25(35)21-16-22(18-32-17-21)39-19-23-20(8-9-24(23)30)5-4-7-26-33-28(31)27(40-26)29(36)38-15-12-34-10-13-37-14-11-34/h16-18,20,23-25,35H,2-15,19H2,1H3/t20-,23+,24?,25?/m0/s1. The van der Waals surface area contributed by atoms with E-state index in [4.69, 9.17) is 21.1 Å². The van der Waals surface area contributed by atoms with Crippen LogP contribution in [-0.4, -0.2) is 76.5 Å². The van der Waals surface area contributed by atoms with Crippen molar-refractivity contribution in [3.8, 4) is 0 Å². The van der Waals surface area contributed by atoms with Gasteiger partial charge >= 0.3 is 5.97 Å². The van der Waals surface area contributed by atoms with E-state index in [2.05, 4.69) is 21.8 Å². The van der Waals surface area contributed by atoms with Crippen molar-refractivity contribution in [3.63, 3.8) is 0 Å². The van der Waals surface area contributed by atoms with E-state index in [0.29, 0.717) is 43.0 Å².